The standard InChI is InChI=1S/C50H46N8O7/c1-2-64-48(61)41-26-39-24-37(14-16-43(39)58-45(28-41)53-54-50(58)63)33-7-11-35(12-8-33)47(60)56-21-17-31(29-56)18-22-65-49(62)40-25-38-23-36(13-15-42(38)57-30-51-52-44(57)27-40)32-5-9-34(10-6-32)46(59)55-19-3-4-20-55/h5-16,23-26,30-31H,2-4,17-22,27-29H2,1H3,(H,54,63). The average molecular weight is 871 g/mol. The fraction of sp³-hybridized carbons (Fsp3) is 0.280. The van der Waals surface area contributed by atoms with E-state index in [1.165, 1.54) is 4.57 Å². The molecule has 4 aliphatic rings. The molecule has 0 saturated carbocycles. The number of aromatic nitrogens is 6. The lowest BCUT2D eigenvalue weighted by Crippen LogP contribution is -2.28. The van der Waals surface area contributed by atoms with Gasteiger partial charge in [-0.1, -0.05) is 36.4 Å². The van der Waals surface area contributed by atoms with Gasteiger partial charge >= 0.3 is 17.6 Å². The molecule has 6 aromatic rings. The van der Waals surface area contributed by atoms with Gasteiger partial charge in [-0.3, -0.25) is 14.2 Å². The number of ether oxygens (including phenoxy) is 2. The van der Waals surface area contributed by atoms with E-state index in [0.717, 1.165) is 65.9 Å². The van der Waals surface area contributed by atoms with Crippen molar-refractivity contribution < 1.29 is 28.7 Å². The minimum absolute atomic E-state index is 0.0623. The number of amides is 2. The highest BCUT2D eigenvalue weighted by atomic mass is 16.5. The first-order valence-electron chi connectivity index (χ1n) is 22.1. The fourth-order valence-electron chi connectivity index (χ4n) is 9.26. The number of likely N-dealkylation sites (tertiary alicyclic amines) is 2. The molecule has 15 nitrogen and oxygen atoms in total. The van der Waals surface area contributed by atoms with Gasteiger partial charge in [0.2, 0.25) is 0 Å². The maximum atomic E-state index is 13.7. The molecule has 2 amide bonds. The van der Waals surface area contributed by atoms with Gasteiger partial charge in [-0.05, 0) is 133 Å². The van der Waals surface area contributed by atoms with Crippen LogP contribution in [0.3, 0.4) is 0 Å². The Morgan fingerprint density at radius 1 is 0.692 bits per heavy atom. The van der Waals surface area contributed by atoms with Gasteiger partial charge in [0.05, 0.1) is 24.6 Å². The highest BCUT2D eigenvalue weighted by Crippen LogP contribution is 2.33. The van der Waals surface area contributed by atoms with Gasteiger partial charge in [0, 0.05) is 61.3 Å². The number of carbonyl (C=O) groups is 4. The van der Waals surface area contributed by atoms with Crippen LogP contribution in [-0.2, 0) is 31.9 Å². The Labute approximate surface area is 374 Å². The van der Waals surface area contributed by atoms with Crippen LogP contribution in [-0.4, -0.2) is 102 Å². The molecule has 1 atom stereocenters. The number of hydrogen-bond acceptors (Lipinski definition) is 10. The number of H-pyrrole nitrogens is 1. The lowest BCUT2D eigenvalue weighted by atomic mass is 9.99. The van der Waals surface area contributed by atoms with Crippen LogP contribution in [0, 0.1) is 5.92 Å². The van der Waals surface area contributed by atoms with Gasteiger partial charge < -0.3 is 19.3 Å². The SMILES string of the molecule is CCOC(=O)C1=Cc2cc(-c3ccc(C(=O)N4CCC(CCOC(=O)C5=Cc6cc(-c7ccc(C(=O)N8CCCC8)cc7)ccc6-n6cnnc6C5)C4)cc3)ccc2-n2c(n[nH]c2=O)C1. The molecule has 4 aliphatic heterocycles. The van der Waals surface area contributed by atoms with E-state index in [2.05, 4.69) is 20.4 Å². The van der Waals surface area contributed by atoms with E-state index in [9.17, 15) is 24.0 Å². The first-order chi connectivity index (χ1) is 31.7. The topological polar surface area (TPSA) is 175 Å². The van der Waals surface area contributed by atoms with E-state index in [-0.39, 0.29) is 43.8 Å². The third-order valence-corrected chi connectivity index (χ3v) is 12.7. The Balaban J connectivity index is 0.769. The van der Waals surface area contributed by atoms with Crippen LogP contribution in [0.15, 0.2) is 107 Å². The summed E-state index contributed by atoms with van der Waals surface area (Å²) in [4.78, 5) is 69.4. The zero-order chi connectivity index (χ0) is 44.6. The summed E-state index contributed by atoms with van der Waals surface area (Å²) in [6.45, 7) is 4.95. The summed E-state index contributed by atoms with van der Waals surface area (Å²) in [7, 11) is 0. The van der Waals surface area contributed by atoms with Gasteiger partial charge in [0.25, 0.3) is 11.8 Å². The maximum absolute atomic E-state index is 13.7. The van der Waals surface area contributed by atoms with Gasteiger partial charge in [-0.2, -0.15) is 5.10 Å². The van der Waals surface area contributed by atoms with E-state index in [1.807, 2.05) is 105 Å². The van der Waals surface area contributed by atoms with Crippen LogP contribution in [0.25, 0.3) is 45.8 Å². The van der Waals surface area contributed by atoms with E-state index < -0.39 is 17.6 Å². The molecule has 15 heteroatoms. The number of nitrogens with zero attached hydrogens (tertiary/aromatic N) is 7. The smallest absolute Gasteiger partial charge is 0.347 e. The van der Waals surface area contributed by atoms with Crippen molar-refractivity contribution >= 4 is 35.9 Å². The third-order valence-electron chi connectivity index (χ3n) is 12.7. The molecule has 328 valence electrons. The van der Waals surface area contributed by atoms with E-state index in [1.54, 1.807) is 19.3 Å². The van der Waals surface area contributed by atoms with Crippen LogP contribution >= 0.6 is 0 Å². The van der Waals surface area contributed by atoms with Crippen molar-refractivity contribution in [2.24, 2.45) is 5.92 Å². The molecule has 0 radical (unpaired) electrons. The summed E-state index contributed by atoms with van der Waals surface area (Å²) in [6.07, 6.45) is 9.16. The molecule has 2 aromatic heterocycles. The highest BCUT2D eigenvalue weighted by Gasteiger charge is 2.29. The molecule has 1 N–H and O–H groups in total. The largest absolute Gasteiger partial charge is 0.463 e. The minimum atomic E-state index is -0.464. The average Bonchev–Trinajstić information content (AvgIpc) is 4.16. The van der Waals surface area contributed by atoms with Crippen molar-refractivity contribution in [3.63, 3.8) is 0 Å². The van der Waals surface area contributed by atoms with Gasteiger partial charge in [0.1, 0.15) is 18.0 Å². The summed E-state index contributed by atoms with van der Waals surface area (Å²) in [5.74, 6) is 0.340. The van der Waals surface area contributed by atoms with Gasteiger partial charge in [-0.25, -0.2) is 24.0 Å². The summed E-state index contributed by atoms with van der Waals surface area (Å²) in [6, 6.07) is 26.8. The van der Waals surface area contributed by atoms with Crippen molar-refractivity contribution in [2.45, 2.75) is 45.4 Å². The number of benzene rings is 4. The molecule has 65 heavy (non-hydrogen) atoms. The third kappa shape index (κ3) is 8.20. The van der Waals surface area contributed by atoms with E-state index in [4.69, 9.17) is 9.47 Å². The Bertz CT molecular complexity index is 2970. The molecule has 0 bridgehead atoms. The molecule has 4 aromatic carbocycles. The predicted molar refractivity (Wildman–Crippen MR) is 241 cm³/mol. The number of carbonyl (C=O) groups excluding carboxylic acids is 4. The lowest BCUT2D eigenvalue weighted by Gasteiger charge is -2.17. The zero-order valence-corrected chi connectivity index (χ0v) is 35.9. The molecule has 2 saturated heterocycles. The molecule has 6 heterocycles. The monoisotopic (exact) mass is 870 g/mol. The molecule has 0 aliphatic carbocycles. The van der Waals surface area contributed by atoms with E-state index >= 15 is 0 Å². The molecular formula is C50H46N8O7. The fourth-order valence-corrected chi connectivity index (χ4v) is 9.26. The molecule has 1 unspecified atom stereocenters. The lowest BCUT2D eigenvalue weighted by molar-refractivity contribution is -0.139. The van der Waals surface area contributed by atoms with Crippen molar-refractivity contribution in [3.05, 3.63) is 147 Å². The molecule has 0 spiro atoms. The Kier molecular flexibility index (Phi) is 11.1. The first-order valence-corrected chi connectivity index (χ1v) is 22.1. The Hall–Kier alpha value is -7.68. The Morgan fingerprint density at radius 3 is 1.94 bits per heavy atom. The second-order valence-electron chi connectivity index (χ2n) is 16.8. The molecule has 2 fully saturated rings. The number of nitrogens with one attached hydrogen (secondary N) is 1. The van der Waals surface area contributed by atoms with Crippen LogP contribution in [0.2, 0.25) is 0 Å². The number of esters is 2. The minimum Gasteiger partial charge on any atom is -0.463 e. The van der Waals surface area contributed by atoms with Crippen LogP contribution in [0.1, 0.15) is 76.1 Å². The predicted octanol–water partition coefficient (Wildman–Crippen LogP) is 6.25. The number of aromatic amines is 1. The summed E-state index contributed by atoms with van der Waals surface area (Å²) >= 11 is 0. The Morgan fingerprint density at radius 2 is 1.28 bits per heavy atom. The highest BCUT2D eigenvalue weighted by molar-refractivity contribution is 5.98. The maximum Gasteiger partial charge on any atom is 0.347 e. The van der Waals surface area contributed by atoms with E-state index in [0.29, 0.717) is 64.7 Å². The molecule has 10 rings (SSSR count). The van der Waals surface area contributed by atoms with Crippen molar-refractivity contribution in [2.75, 3.05) is 39.4 Å². The first kappa shape index (κ1) is 41.3. The summed E-state index contributed by atoms with van der Waals surface area (Å²) in [5, 5.41) is 15.0. The van der Waals surface area contributed by atoms with Crippen LogP contribution in [0.5, 0.6) is 0 Å². The second-order valence-corrected chi connectivity index (χ2v) is 16.8. The van der Waals surface area contributed by atoms with Crippen molar-refractivity contribution in [3.8, 4) is 33.6 Å². The zero-order valence-electron chi connectivity index (χ0n) is 35.9. The van der Waals surface area contributed by atoms with Gasteiger partial charge in [-0.15, -0.1) is 10.2 Å². The quantitative estimate of drug-likeness (QED) is 0.155. The number of rotatable bonds is 10. The normalized spacial score (nSPS) is 16.3. The van der Waals surface area contributed by atoms with Crippen molar-refractivity contribution in [1.82, 2.24) is 39.3 Å². The molecular weight excluding hydrogens is 825 g/mol. The van der Waals surface area contributed by atoms with Crippen molar-refractivity contribution in [1.29, 1.82) is 0 Å². The summed E-state index contributed by atoms with van der Waals surface area (Å²) in [5.41, 5.74) is 8.29. The number of fused-ring (bicyclic) bond motifs is 6. The number of hydrogen-bond donors (Lipinski definition) is 1. The van der Waals surface area contributed by atoms with Crippen LogP contribution in [0.4, 0.5) is 0 Å². The van der Waals surface area contributed by atoms with Gasteiger partial charge in [0.15, 0.2) is 0 Å². The van der Waals surface area contributed by atoms with Crippen LogP contribution < -0.4 is 5.69 Å². The second kappa shape index (κ2) is 17.5. The summed E-state index contributed by atoms with van der Waals surface area (Å²) < 4.78 is 14.5.